The second-order valence-corrected chi connectivity index (χ2v) is 5.09. The van der Waals surface area contributed by atoms with Crippen LogP contribution >= 0.6 is 0 Å². The zero-order valence-electron chi connectivity index (χ0n) is 11.3. The fraction of sp³-hybridized carbons (Fsp3) is 0.909. The van der Waals surface area contributed by atoms with Crippen molar-refractivity contribution in [1.29, 1.82) is 0 Å². The molecule has 0 aromatic carbocycles. The Morgan fingerprint density at radius 2 is 1.61 bits per heavy atom. The van der Waals surface area contributed by atoms with Gasteiger partial charge in [0.05, 0.1) is 6.61 Å². The van der Waals surface area contributed by atoms with E-state index in [9.17, 15) is 17.8 Å². The van der Waals surface area contributed by atoms with E-state index < -0.39 is 10.4 Å². The fourth-order valence-corrected chi connectivity index (χ4v) is 1.78. The summed E-state index contributed by atoms with van der Waals surface area (Å²) in [6, 6.07) is 0. The molecule has 0 saturated carbocycles. The normalized spacial score (nSPS) is 11.0. The Bertz CT molecular complexity index is 303. The molecule has 0 aliphatic carbocycles. The predicted octanol–water partition coefficient (Wildman–Crippen LogP) is -0.823. The van der Waals surface area contributed by atoms with Crippen LogP contribution in [0.2, 0.25) is 0 Å². The first-order chi connectivity index (χ1) is 7.95. The Labute approximate surface area is 132 Å². The zero-order chi connectivity index (χ0) is 13.1. The van der Waals surface area contributed by atoms with E-state index in [1.165, 1.54) is 0 Å². The van der Waals surface area contributed by atoms with Crippen LogP contribution in [0.3, 0.4) is 0 Å². The van der Waals surface area contributed by atoms with Gasteiger partial charge >= 0.3 is 29.6 Å². The van der Waals surface area contributed by atoms with Crippen LogP contribution in [0.25, 0.3) is 0 Å². The van der Waals surface area contributed by atoms with Gasteiger partial charge in [0.25, 0.3) is 0 Å². The molecule has 0 aromatic rings. The van der Waals surface area contributed by atoms with Crippen LogP contribution in [0.1, 0.15) is 58.3 Å². The smallest absolute Gasteiger partial charge is 0.726 e. The summed E-state index contributed by atoms with van der Waals surface area (Å²) in [4.78, 5) is 11.3. The minimum absolute atomic E-state index is 0. The molecule has 0 amide bonds. The number of unbranched alkanes of at least 4 members (excludes halogenated alkanes) is 4. The van der Waals surface area contributed by atoms with Crippen LogP contribution in [-0.2, 0) is 19.4 Å². The van der Waals surface area contributed by atoms with Crippen LogP contribution in [0.5, 0.6) is 0 Å². The van der Waals surface area contributed by atoms with Gasteiger partial charge in [-0.05, 0) is 19.3 Å². The van der Waals surface area contributed by atoms with Crippen molar-refractivity contribution in [3.05, 3.63) is 0 Å². The minimum atomic E-state index is -4.58. The number of carbonyl (C=O) groups is 1. The molecule has 0 atom stereocenters. The van der Waals surface area contributed by atoms with Crippen molar-refractivity contribution in [3.63, 3.8) is 0 Å². The number of hydrogen-bond donors (Lipinski definition) is 0. The standard InChI is InChI=1S/C11H22O5S.Na/c1-2-3-4-5-8-11(12)9-6-7-10-16-17(13,14)15;/h2-10H2,1H3,(H,13,14,15);/q;+1/p-1. The molecule has 102 valence electrons. The average molecular weight is 288 g/mol. The zero-order valence-corrected chi connectivity index (χ0v) is 14.1. The molecular formula is C11H21NaO5S. The van der Waals surface area contributed by atoms with E-state index in [0.29, 0.717) is 25.7 Å². The molecule has 0 bridgehead atoms. The van der Waals surface area contributed by atoms with Gasteiger partial charge in [-0.15, -0.1) is 0 Å². The van der Waals surface area contributed by atoms with Crippen LogP contribution in [0.15, 0.2) is 0 Å². The molecule has 18 heavy (non-hydrogen) atoms. The first kappa shape index (κ1) is 20.8. The largest absolute Gasteiger partial charge is 1.00 e. The molecule has 0 aliphatic heterocycles. The molecule has 0 heterocycles. The summed E-state index contributed by atoms with van der Waals surface area (Å²) in [6.07, 6.45) is 6.34. The molecule has 0 saturated heterocycles. The summed E-state index contributed by atoms with van der Waals surface area (Å²) in [5.41, 5.74) is 0. The number of Topliss-reactive ketones (excluding diaryl/α,β-unsaturated/α-hetero) is 1. The predicted molar refractivity (Wildman–Crippen MR) is 63.3 cm³/mol. The average Bonchev–Trinajstić information content (AvgIpc) is 2.22. The maximum atomic E-state index is 11.3. The number of hydrogen-bond acceptors (Lipinski definition) is 5. The minimum Gasteiger partial charge on any atom is -0.726 e. The van der Waals surface area contributed by atoms with Crippen LogP contribution in [0, 0.1) is 0 Å². The monoisotopic (exact) mass is 288 g/mol. The van der Waals surface area contributed by atoms with Gasteiger partial charge in [-0.3, -0.25) is 8.98 Å². The van der Waals surface area contributed by atoms with Crippen molar-refractivity contribution in [2.24, 2.45) is 0 Å². The summed E-state index contributed by atoms with van der Waals surface area (Å²) in [5, 5.41) is 0. The maximum absolute atomic E-state index is 11.3. The SMILES string of the molecule is CCCCCCC(=O)CCCCOS(=O)(=O)[O-].[Na+]. The van der Waals surface area contributed by atoms with Crippen molar-refractivity contribution in [1.82, 2.24) is 0 Å². The van der Waals surface area contributed by atoms with Crippen molar-refractivity contribution in [2.45, 2.75) is 58.3 Å². The van der Waals surface area contributed by atoms with Crippen molar-refractivity contribution in [2.75, 3.05) is 6.61 Å². The van der Waals surface area contributed by atoms with Gasteiger partial charge in [0.2, 0.25) is 10.4 Å². The van der Waals surface area contributed by atoms with E-state index in [1.54, 1.807) is 0 Å². The molecule has 5 nitrogen and oxygen atoms in total. The van der Waals surface area contributed by atoms with Gasteiger partial charge in [-0.2, -0.15) is 0 Å². The Morgan fingerprint density at radius 3 is 2.11 bits per heavy atom. The maximum Gasteiger partial charge on any atom is 1.00 e. The number of rotatable bonds is 11. The van der Waals surface area contributed by atoms with Gasteiger partial charge in [0, 0.05) is 12.8 Å². The first-order valence-electron chi connectivity index (χ1n) is 6.07. The molecule has 0 unspecified atom stereocenters. The summed E-state index contributed by atoms with van der Waals surface area (Å²) < 4.78 is 34.3. The van der Waals surface area contributed by atoms with Crippen LogP contribution in [-0.4, -0.2) is 25.4 Å². The topological polar surface area (TPSA) is 83.5 Å². The van der Waals surface area contributed by atoms with Gasteiger partial charge in [0.15, 0.2) is 0 Å². The molecule has 0 aromatic heterocycles. The van der Waals surface area contributed by atoms with E-state index in [2.05, 4.69) is 11.1 Å². The number of carbonyl (C=O) groups excluding carboxylic acids is 1. The van der Waals surface area contributed by atoms with E-state index in [4.69, 9.17) is 0 Å². The van der Waals surface area contributed by atoms with Gasteiger partial charge < -0.3 is 4.55 Å². The Morgan fingerprint density at radius 1 is 1.06 bits per heavy atom. The van der Waals surface area contributed by atoms with E-state index in [1.807, 2.05) is 0 Å². The van der Waals surface area contributed by atoms with Crippen molar-refractivity contribution < 1.29 is 51.5 Å². The van der Waals surface area contributed by atoms with Crippen molar-refractivity contribution in [3.8, 4) is 0 Å². The molecule has 7 heteroatoms. The number of ketones is 1. The Kier molecular flexibility index (Phi) is 14.6. The molecular weight excluding hydrogens is 267 g/mol. The fourth-order valence-electron chi connectivity index (χ4n) is 1.46. The van der Waals surface area contributed by atoms with Gasteiger partial charge in [0.1, 0.15) is 5.78 Å². The van der Waals surface area contributed by atoms with Gasteiger partial charge in [-0.25, -0.2) is 8.42 Å². The van der Waals surface area contributed by atoms with E-state index in [0.717, 1.165) is 25.7 Å². The molecule has 0 rings (SSSR count). The molecule has 0 fully saturated rings. The summed E-state index contributed by atoms with van der Waals surface area (Å²) in [7, 11) is -4.58. The van der Waals surface area contributed by atoms with E-state index in [-0.39, 0.29) is 41.9 Å². The quantitative estimate of drug-likeness (QED) is 0.215. The van der Waals surface area contributed by atoms with Gasteiger partial charge in [-0.1, -0.05) is 26.2 Å². The molecule has 0 spiro atoms. The Hall–Kier alpha value is 0.540. The van der Waals surface area contributed by atoms with E-state index >= 15 is 0 Å². The molecule has 0 radical (unpaired) electrons. The van der Waals surface area contributed by atoms with Crippen molar-refractivity contribution >= 4 is 16.2 Å². The third-order valence-electron chi connectivity index (χ3n) is 2.39. The Balaban J connectivity index is 0. The second kappa shape index (κ2) is 12.6. The first-order valence-corrected chi connectivity index (χ1v) is 7.41. The molecule has 0 N–H and O–H groups in total. The third kappa shape index (κ3) is 16.5. The molecule has 0 aliphatic rings. The van der Waals surface area contributed by atoms with Crippen LogP contribution < -0.4 is 29.6 Å². The second-order valence-electron chi connectivity index (χ2n) is 4.04. The summed E-state index contributed by atoms with van der Waals surface area (Å²) >= 11 is 0. The summed E-state index contributed by atoms with van der Waals surface area (Å²) in [5.74, 6) is 0.200. The third-order valence-corrected chi connectivity index (χ3v) is 2.84. The summed E-state index contributed by atoms with van der Waals surface area (Å²) in [6.45, 7) is 1.99. The van der Waals surface area contributed by atoms with Crippen LogP contribution in [0.4, 0.5) is 0 Å².